The number of rotatable bonds is 4. The lowest BCUT2D eigenvalue weighted by Gasteiger charge is -2.30. The van der Waals surface area contributed by atoms with Crippen LogP contribution < -0.4 is 5.32 Å². The van der Waals surface area contributed by atoms with Gasteiger partial charge in [0.2, 0.25) is 0 Å². The van der Waals surface area contributed by atoms with Gasteiger partial charge in [0, 0.05) is 10.9 Å². The summed E-state index contributed by atoms with van der Waals surface area (Å²) in [5.41, 5.74) is 0.0474. The first kappa shape index (κ1) is 11.2. The first-order valence-electron chi connectivity index (χ1n) is 4.25. The van der Waals surface area contributed by atoms with E-state index < -0.39 is 0 Å². The van der Waals surface area contributed by atoms with Gasteiger partial charge in [-0.1, -0.05) is 13.8 Å². The third kappa shape index (κ3) is 4.65. The zero-order chi connectivity index (χ0) is 9.07. The van der Waals surface area contributed by atoms with E-state index >= 15 is 0 Å². The second kappa shape index (κ2) is 4.32. The molecule has 0 aromatic rings. The molecule has 0 aliphatic carbocycles. The molecule has 11 heavy (non-hydrogen) atoms. The quantitative estimate of drug-likeness (QED) is 0.652. The van der Waals surface area contributed by atoms with Crippen LogP contribution in [0.25, 0.3) is 0 Å². The van der Waals surface area contributed by atoms with Crippen molar-refractivity contribution in [1.29, 1.82) is 0 Å². The second-order valence-electron chi connectivity index (χ2n) is 4.11. The molecule has 0 rings (SSSR count). The molecule has 1 N–H and O–H groups in total. The van der Waals surface area contributed by atoms with Gasteiger partial charge in [-0.05, 0) is 33.2 Å². The van der Waals surface area contributed by atoms with E-state index in [1.165, 1.54) is 0 Å². The Kier molecular flexibility index (Phi) is 4.42. The van der Waals surface area contributed by atoms with Crippen molar-refractivity contribution in [3.8, 4) is 0 Å². The van der Waals surface area contributed by atoms with Gasteiger partial charge in [0.1, 0.15) is 0 Å². The Labute approximate surface area is 75.5 Å². The van der Waals surface area contributed by atoms with E-state index in [4.69, 9.17) is 11.6 Å². The van der Waals surface area contributed by atoms with Gasteiger partial charge in [0.05, 0.1) is 0 Å². The van der Waals surface area contributed by atoms with Crippen LogP contribution in [0.5, 0.6) is 0 Å². The summed E-state index contributed by atoms with van der Waals surface area (Å²) in [5.74, 6) is 0.685. The highest BCUT2D eigenvalue weighted by atomic mass is 35.5. The molecule has 1 nitrogen and oxygen atoms in total. The van der Waals surface area contributed by atoms with Crippen LogP contribution in [-0.4, -0.2) is 17.5 Å². The minimum atomic E-state index is 0.0474. The summed E-state index contributed by atoms with van der Waals surface area (Å²) < 4.78 is 0. The zero-order valence-corrected chi connectivity index (χ0v) is 9.00. The molecule has 0 radical (unpaired) electrons. The largest absolute Gasteiger partial charge is 0.310 e. The monoisotopic (exact) mass is 177 g/mol. The van der Waals surface area contributed by atoms with Crippen LogP contribution in [0.3, 0.4) is 0 Å². The fourth-order valence-corrected chi connectivity index (χ4v) is 0.685. The van der Waals surface area contributed by atoms with Gasteiger partial charge in [-0.3, -0.25) is 0 Å². The van der Waals surface area contributed by atoms with E-state index in [2.05, 4.69) is 33.0 Å². The summed E-state index contributed by atoms with van der Waals surface area (Å²) in [5, 5.41) is 3.59. The number of hydrogen-bond acceptors (Lipinski definition) is 1. The SMILES string of the molecule is CC(C)CNC(C)(C)C(C)Cl. The molecule has 0 bridgehead atoms. The fourth-order valence-electron chi connectivity index (χ4n) is 0.608. The van der Waals surface area contributed by atoms with Crippen molar-refractivity contribution in [2.24, 2.45) is 5.92 Å². The molecule has 0 saturated carbocycles. The Morgan fingerprint density at radius 1 is 1.27 bits per heavy atom. The smallest absolute Gasteiger partial charge is 0.0484 e. The van der Waals surface area contributed by atoms with Gasteiger partial charge in [0.25, 0.3) is 0 Å². The van der Waals surface area contributed by atoms with Crippen molar-refractivity contribution in [3.63, 3.8) is 0 Å². The highest BCUT2D eigenvalue weighted by molar-refractivity contribution is 6.21. The van der Waals surface area contributed by atoms with Crippen LogP contribution in [-0.2, 0) is 0 Å². The van der Waals surface area contributed by atoms with E-state index in [-0.39, 0.29) is 10.9 Å². The van der Waals surface area contributed by atoms with Crippen molar-refractivity contribution in [1.82, 2.24) is 5.32 Å². The molecule has 0 aromatic heterocycles. The average molecular weight is 178 g/mol. The number of nitrogens with one attached hydrogen (secondary N) is 1. The lowest BCUT2D eigenvalue weighted by Crippen LogP contribution is -2.47. The number of halogens is 1. The molecule has 0 amide bonds. The molecule has 1 unspecified atom stereocenters. The molecule has 0 aliphatic rings. The normalized spacial score (nSPS) is 15.5. The van der Waals surface area contributed by atoms with Gasteiger partial charge in [-0.25, -0.2) is 0 Å². The van der Waals surface area contributed by atoms with E-state index in [1.807, 2.05) is 6.92 Å². The van der Waals surface area contributed by atoms with Crippen LogP contribution in [0.15, 0.2) is 0 Å². The summed E-state index contributed by atoms with van der Waals surface area (Å²) in [6.45, 7) is 11.7. The van der Waals surface area contributed by atoms with E-state index in [0.717, 1.165) is 6.54 Å². The molecule has 1 atom stereocenters. The van der Waals surface area contributed by atoms with E-state index in [1.54, 1.807) is 0 Å². The molecule has 68 valence electrons. The minimum absolute atomic E-state index is 0.0474. The van der Waals surface area contributed by atoms with E-state index in [9.17, 15) is 0 Å². The van der Waals surface area contributed by atoms with Crippen LogP contribution in [0, 0.1) is 5.92 Å². The summed E-state index contributed by atoms with van der Waals surface area (Å²) in [6.07, 6.45) is 0. The van der Waals surface area contributed by atoms with Crippen LogP contribution in [0.2, 0.25) is 0 Å². The molecule has 0 heterocycles. The topological polar surface area (TPSA) is 12.0 Å². The Morgan fingerprint density at radius 2 is 1.73 bits per heavy atom. The first-order valence-corrected chi connectivity index (χ1v) is 4.69. The molecular weight excluding hydrogens is 158 g/mol. The summed E-state index contributed by atoms with van der Waals surface area (Å²) in [6, 6.07) is 0. The van der Waals surface area contributed by atoms with Crippen molar-refractivity contribution >= 4 is 11.6 Å². The zero-order valence-electron chi connectivity index (χ0n) is 8.24. The van der Waals surface area contributed by atoms with Crippen LogP contribution >= 0.6 is 11.6 Å². The Morgan fingerprint density at radius 3 is 2.00 bits per heavy atom. The van der Waals surface area contributed by atoms with Gasteiger partial charge >= 0.3 is 0 Å². The Bertz CT molecular complexity index is 108. The van der Waals surface area contributed by atoms with Crippen molar-refractivity contribution in [2.75, 3.05) is 6.54 Å². The van der Waals surface area contributed by atoms with E-state index in [0.29, 0.717) is 5.92 Å². The van der Waals surface area contributed by atoms with Gasteiger partial charge in [0.15, 0.2) is 0 Å². The highest BCUT2D eigenvalue weighted by Gasteiger charge is 2.22. The standard InChI is InChI=1S/C9H20ClN/c1-7(2)6-11-9(4,5)8(3)10/h7-8,11H,6H2,1-5H3. The molecule has 0 fully saturated rings. The Balaban J connectivity index is 3.73. The lowest BCUT2D eigenvalue weighted by atomic mass is 10.0. The number of alkyl halides is 1. The van der Waals surface area contributed by atoms with Gasteiger partial charge < -0.3 is 5.32 Å². The third-order valence-electron chi connectivity index (χ3n) is 1.96. The van der Waals surface area contributed by atoms with Gasteiger partial charge in [-0.2, -0.15) is 0 Å². The summed E-state index contributed by atoms with van der Waals surface area (Å²) >= 11 is 5.99. The molecule has 2 heteroatoms. The highest BCUT2D eigenvalue weighted by Crippen LogP contribution is 2.14. The Hall–Kier alpha value is 0.250. The van der Waals surface area contributed by atoms with Crippen LogP contribution in [0.4, 0.5) is 0 Å². The fraction of sp³-hybridized carbons (Fsp3) is 1.00. The van der Waals surface area contributed by atoms with Crippen LogP contribution in [0.1, 0.15) is 34.6 Å². The first-order chi connectivity index (χ1) is 4.86. The van der Waals surface area contributed by atoms with Crippen molar-refractivity contribution < 1.29 is 0 Å². The maximum Gasteiger partial charge on any atom is 0.0484 e. The molecule has 0 aromatic carbocycles. The predicted molar refractivity (Wildman–Crippen MR) is 52.2 cm³/mol. The number of hydrogen-bond donors (Lipinski definition) is 1. The maximum atomic E-state index is 5.99. The molecule has 0 saturated heterocycles. The molecule has 0 aliphatic heterocycles. The van der Waals surface area contributed by atoms with Crippen molar-refractivity contribution in [2.45, 2.75) is 45.5 Å². The lowest BCUT2D eigenvalue weighted by molar-refractivity contribution is 0.358. The summed E-state index contributed by atoms with van der Waals surface area (Å²) in [7, 11) is 0. The summed E-state index contributed by atoms with van der Waals surface area (Å²) in [4.78, 5) is 0. The predicted octanol–water partition coefficient (Wildman–Crippen LogP) is 2.64. The van der Waals surface area contributed by atoms with Crippen molar-refractivity contribution in [3.05, 3.63) is 0 Å². The maximum absolute atomic E-state index is 5.99. The van der Waals surface area contributed by atoms with Gasteiger partial charge in [-0.15, -0.1) is 11.6 Å². The minimum Gasteiger partial charge on any atom is -0.310 e. The average Bonchev–Trinajstić information content (AvgIpc) is 1.84. The third-order valence-corrected chi connectivity index (χ3v) is 2.51. The second-order valence-corrected chi connectivity index (χ2v) is 4.77. The molecular formula is C9H20ClN. The molecule has 0 spiro atoms.